The molecule has 8 heteroatoms. The van der Waals surface area contributed by atoms with Crippen LogP contribution in [0, 0.1) is 5.82 Å². The van der Waals surface area contributed by atoms with Gasteiger partial charge in [0, 0.05) is 13.2 Å². The van der Waals surface area contributed by atoms with Gasteiger partial charge in [-0.15, -0.1) is 0 Å². The van der Waals surface area contributed by atoms with Gasteiger partial charge in [0.05, 0.1) is 16.6 Å². The summed E-state index contributed by atoms with van der Waals surface area (Å²) in [5.74, 6) is -0.744. The molecule has 0 aromatic heterocycles. The Labute approximate surface area is 128 Å². The number of ether oxygens (including phenoxy) is 1. The molecule has 1 aliphatic rings. The second-order valence-corrected chi connectivity index (χ2v) is 7.09. The number of hydrogen-bond acceptors (Lipinski definition) is 4. The van der Waals surface area contributed by atoms with Crippen molar-refractivity contribution in [3.05, 3.63) is 29.6 Å². The topological polar surface area (TPSA) is 81.4 Å². The minimum absolute atomic E-state index is 0.0419. The zero-order valence-corrected chi connectivity index (χ0v) is 13.1. The van der Waals surface area contributed by atoms with Crippen molar-refractivity contribution in [1.29, 1.82) is 0 Å². The van der Waals surface area contributed by atoms with E-state index >= 15 is 0 Å². The van der Waals surface area contributed by atoms with Crippen LogP contribution in [0.3, 0.4) is 0 Å². The third-order valence-corrected chi connectivity index (χ3v) is 5.32. The van der Waals surface area contributed by atoms with Crippen LogP contribution in [-0.2, 0) is 14.8 Å². The van der Waals surface area contributed by atoms with Gasteiger partial charge in [0.2, 0.25) is 10.0 Å². The molecule has 1 fully saturated rings. The highest BCUT2D eigenvalue weighted by molar-refractivity contribution is 7.89. The van der Waals surface area contributed by atoms with Crippen LogP contribution in [0.5, 0.6) is 0 Å². The van der Waals surface area contributed by atoms with Crippen LogP contribution in [0.2, 0.25) is 0 Å². The summed E-state index contributed by atoms with van der Waals surface area (Å²) < 4.78 is 46.4. The van der Waals surface area contributed by atoms with E-state index in [0.717, 1.165) is 12.5 Å². The summed E-state index contributed by atoms with van der Waals surface area (Å²) in [6.45, 7) is 0. The van der Waals surface area contributed by atoms with Crippen LogP contribution in [0.25, 0.3) is 0 Å². The van der Waals surface area contributed by atoms with Crippen molar-refractivity contribution in [2.75, 3.05) is 7.11 Å². The third kappa shape index (κ3) is 3.57. The lowest BCUT2D eigenvalue weighted by Gasteiger charge is -2.15. The molecule has 0 bridgehead atoms. The maximum atomic E-state index is 13.8. The number of methoxy groups -OCH3 is 1. The lowest BCUT2D eigenvalue weighted by Crippen LogP contribution is -2.35. The summed E-state index contributed by atoms with van der Waals surface area (Å²) in [5.41, 5.74) is 5.19. The van der Waals surface area contributed by atoms with Crippen LogP contribution in [0.15, 0.2) is 23.1 Å². The van der Waals surface area contributed by atoms with E-state index in [-0.39, 0.29) is 27.6 Å². The third-order valence-electron chi connectivity index (χ3n) is 3.55. The number of halogens is 1. The summed E-state index contributed by atoms with van der Waals surface area (Å²) in [6.07, 6.45) is 2.10. The minimum atomic E-state index is -3.89. The van der Waals surface area contributed by atoms with Crippen LogP contribution in [0.1, 0.15) is 24.8 Å². The molecule has 0 radical (unpaired) electrons. The lowest BCUT2D eigenvalue weighted by molar-refractivity contribution is 0.107. The molecule has 0 spiro atoms. The Bertz CT molecular complexity index is 649. The molecular weight excluding hydrogens is 315 g/mol. The number of nitrogens with one attached hydrogen (secondary N) is 1. The Morgan fingerprint density at radius 3 is 2.76 bits per heavy atom. The van der Waals surface area contributed by atoms with Gasteiger partial charge in [-0.3, -0.25) is 0 Å². The molecule has 5 nitrogen and oxygen atoms in total. The highest BCUT2D eigenvalue weighted by Gasteiger charge is 2.30. The zero-order chi connectivity index (χ0) is 15.6. The van der Waals surface area contributed by atoms with Gasteiger partial charge in [-0.1, -0.05) is 18.3 Å². The first kappa shape index (κ1) is 16.3. The summed E-state index contributed by atoms with van der Waals surface area (Å²) in [6, 6.07) is 3.51. The molecule has 2 atom stereocenters. The normalized spacial score (nSPS) is 22.4. The molecule has 0 saturated heterocycles. The predicted molar refractivity (Wildman–Crippen MR) is 81.0 cm³/mol. The maximum absolute atomic E-state index is 13.8. The van der Waals surface area contributed by atoms with Gasteiger partial charge in [0.1, 0.15) is 10.8 Å². The predicted octanol–water partition coefficient (Wildman–Crippen LogP) is 1.31. The highest BCUT2D eigenvalue weighted by atomic mass is 32.2. The van der Waals surface area contributed by atoms with Crippen molar-refractivity contribution >= 4 is 27.2 Å². The minimum Gasteiger partial charge on any atom is -0.389 e. The fourth-order valence-corrected chi connectivity index (χ4v) is 4.30. The van der Waals surface area contributed by atoms with Crippen molar-refractivity contribution in [2.45, 2.75) is 36.3 Å². The standard InChI is InChI=1S/C13H17FN2O3S2/c1-19-9-6-5-8(7-9)16-21(17,18)11-4-2-3-10(14)12(11)13(15)20/h2-4,8-9,16H,5-7H2,1H3,(H2,15,20). The van der Waals surface area contributed by atoms with E-state index in [0.29, 0.717) is 12.8 Å². The van der Waals surface area contributed by atoms with Crippen LogP contribution >= 0.6 is 12.2 Å². The van der Waals surface area contributed by atoms with Crippen LogP contribution < -0.4 is 10.5 Å². The number of rotatable bonds is 5. The molecule has 1 aromatic rings. The fourth-order valence-electron chi connectivity index (χ4n) is 2.51. The van der Waals surface area contributed by atoms with Gasteiger partial charge < -0.3 is 10.5 Å². The van der Waals surface area contributed by atoms with E-state index in [1.165, 1.54) is 12.1 Å². The van der Waals surface area contributed by atoms with Crippen molar-refractivity contribution < 1.29 is 17.5 Å². The largest absolute Gasteiger partial charge is 0.389 e. The molecule has 2 rings (SSSR count). The van der Waals surface area contributed by atoms with Gasteiger partial charge in [0.25, 0.3) is 0 Å². The summed E-state index contributed by atoms with van der Waals surface area (Å²) in [5, 5.41) is 0. The molecule has 2 unspecified atom stereocenters. The monoisotopic (exact) mass is 332 g/mol. The van der Waals surface area contributed by atoms with Gasteiger partial charge in [-0.2, -0.15) is 0 Å². The average Bonchev–Trinajstić information content (AvgIpc) is 2.85. The number of hydrogen-bond donors (Lipinski definition) is 2. The van der Waals surface area contributed by atoms with Gasteiger partial charge in [-0.25, -0.2) is 17.5 Å². The fraction of sp³-hybridized carbons (Fsp3) is 0.462. The molecule has 1 aromatic carbocycles. The zero-order valence-electron chi connectivity index (χ0n) is 11.5. The molecule has 0 heterocycles. The van der Waals surface area contributed by atoms with Gasteiger partial charge in [0.15, 0.2) is 0 Å². The van der Waals surface area contributed by atoms with E-state index in [1.54, 1.807) is 7.11 Å². The van der Waals surface area contributed by atoms with Crippen LogP contribution in [0.4, 0.5) is 4.39 Å². The van der Waals surface area contributed by atoms with Crippen molar-refractivity contribution in [2.24, 2.45) is 5.73 Å². The quantitative estimate of drug-likeness (QED) is 0.795. The van der Waals surface area contributed by atoms with Crippen molar-refractivity contribution in [3.63, 3.8) is 0 Å². The molecule has 0 amide bonds. The number of sulfonamides is 1. The summed E-state index contributed by atoms with van der Waals surface area (Å²) in [7, 11) is -2.29. The smallest absolute Gasteiger partial charge is 0.241 e. The van der Waals surface area contributed by atoms with E-state index in [9.17, 15) is 12.8 Å². The van der Waals surface area contributed by atoms with E-state index in [2.05, 4.69) is 4.72 Å². The second kappa shape index (κ2) is 6.35. The van der Waals surface area contributed by atoms with E-state index < -0.39 is 15.8 Å². The first-order chi connectivity index (χ1) is 9.85. The molecular formula is C13H17FN2O3S2. The lowest BCUT2D eigenvalue weighted by atomic mass is 10.2. The Balaban J connectivity index is 2.29. The Morgan fingerprint density at radius 1 is 1.48 bits per heavy atom. The van der Waals surface area contributed by atoms with E-state index in [4.69, 9.17) is 22.7 Å². The number of nitrogens with two attached hydrogens (primary N) is 1. The van der Waals surface area contributed by atoms with E-state index in [1.807, 2.05) is 0 Å². The Kier molecular flexibility index (Phi) is 4.92. The first-order valence-electron chi connectivity index (χ1n) is 6.48. The van der Waals surface area contributed by atoms with Gasteiger partial charge >= 0.3 is 0 Å². The number of thiocarbonyl (C=S) groups is 1. The number of benzene rings is 1. The molecule has 1 saturated carbocycles. The molecule has 116 valence electrons. The Morgan fingerprint density at radius 2 is 2.19 bits per heavy atom. The molecule has 0 aliphatic heterocycles. The summed E-state index contributed by atoms with van der Waals surface area (Å²) in [4.78, 5) is -0.509. The van der Waals surface area contributed by atoms with Crippen molar-refractivity contribution in [3.8, 4) is 0 Å². The summed E-state index contributed by atoms with van der Waals surface area (Å²) >= 11 is 4.75. The van der Waals surface area contributed by atoms with Gasteiger partial charge in [-0.05, 0) is 31.4 Å². The SMILES string of the molecule is COC1CCC(NS(=O)(=O)c2cccc(F)c2C(N)=S)C1. The average molecular weight is 332 g/mol. The molecule has 21 heavy (non-hydrogen) atoms. The van der Waals surface area contributed by atoms with Crippen LogP contribution in [-0.4, -0.2) is 32.7 Å². The second-order valence-electron chi connectivity index (χ2n) is 4.97. The first-order valence-corrected chi connectivity index (χ1v) is 8.37. The Hall–Kier alpha value is -1.09. The van der Waals surface area contributed by atoms with Crippen molar-refractivity contribution in [1.82, 2.24) is 4.72 Å². The highest BCUT2D eigenvalue weighted by Crippen LogP contribution is 2.25. The maximum Gasteiger partial charge on any atom is 0.241 e. The molecule has 1 aliphatic carbocycles. The molecule has 3 N–H and O–H groups in total.